The van der Waals surface area contributed by atoms with Crippen molar-refractivity contribution in [1.29, 1.82) is 0 Å². The number of carboxylic acid groups (broad SMARTS) is 1. The number of hydrogen-bond donors (Lipinski definition) is 1. The van der Waals surface area contributed by atoms with Crippen LogP contribution in [0.2, 0.25) is 0 Å². The van der Waals surface area contributed by atoms with Gasteiger partial charge >= 0.3 is 5.97 Å². The van der Waals surface area contributed by atoms with Crippen molar-refractivity contribution >= 4 is 5.97 Å². The summed E-state index contributed by atoms with van der Waals surface area (Å²) in [5.74, 6) is 5.46. The second-order valence-electron chi connectivity index (χ2n) is 3.37. The van der Waals surface area contributed by atoms with Gasteiger partial charge in [0.1, 0.15) is 0 Å². The predicted molar refractivity (Wildman–Crippen MR) is 58.0 cm³/mol. The molecule has 2 heteroatoms. The Morgan fingerprint density at radius 1 is 1.07 bits per heavy atom. The van der Waals surface area contributed by atoms with Gasteiger partial charge in [-0.3, -0.25) is 4.79 Å². The second kappa shape index (κ2) is 10.1. The lowest BCUT2D eigenvalue weighted by atomic mass is 10.1. The number of rotatable bonds is 7. The maximum Gasteiger partial charge on any atom is 0.303 e. The third kappa shape index (κ3) is 11.0. The Morgan fingerprint density at radius 2 is 1.71 bits per heavy atom. The molecule has 0 aliphatic carbocycles. The maximum atomic E-state index is 10.2. The van der Waals surface area contributed by atoms with E-state index in [1.54, 1.807) is 0 Å². The molecular weight excluding hydrogens is 176 g/mol. The minimum Gasteiger partial charge on any atom is -0.481 e. The van der Waals surface area contributed by atoms with Crippen LogP contribution in [0.25, 0.3) is 0 Å². The molecule has 0 fully saturated rings. The van der Waals surface area contributed by atoms with Gasteiger partial charge in [0.25, 0.3) is 0 Å². The molecule has 0 saturated heterocycles. The molecule has 0 heterocycles. The molecule has 80 valence electrons. The van der Waals surface area contributed by atoms with Crippen LogP contribution in [0.1, 0.15) is 58.3 Å². The summed E-state index contributed by atoms with van der Waals surface area (Å²) in [7, 11) is 0. The molecule has 1 N–H and O–H groups in total. The summed E-state index contributed by atoms with van der Waals surface area (Å²) >= 11 is 0. The zero-order valence-electron chi connectivity index (χ0n) is 9.01. The van der Waals surface area contributed by atoms with Crippen molar-refractivity contribution in [2.24, 2.45) is 0 Å². The molecule has 0 saturated carbocycles. The first-order valence-electron chi connectivity index (χ1n) is 5.45. The highest BCUT2D eigenvalue weighted by molar-refractivity contribution is 5.66. The normalized spacial score (nSPS) is 9.21. The van der Waals surface area contributed by atoms with Crippen molar-refractivity contribution in [2.75, 3.05) is 0 Å². The average Bonchev–Trinajstić information content (AvgIpc) is 2.15. The van der Waals surface area contributed by atoms with Crippen LogP contribution < -0.4 is 0 Å². The van der Waals surface area contributed by atoms with Crippen LogP contribution in [0.3, 0.4) is 0 Å². The fourth-order valence-corrected chi connectivity index (χ4v) is 1.23. The number of unbranched alkanes of at least 4 members (excludes halogenated alkanes) is 5. The smallest absolute Gasteiger partial charge is 0.303 e. The second-order valence-corrected chi connectivity index (χ2v) is 3.37. The third-order valence-electron chi connectivity index (χ3n) is 1.99. The Bertz CT molecular complexity index is 198. The van der Waals surface area contributed by atoms with Gasteiger partial charge in [-0.15, -0.1) is 11.8 Å². The van der Waals surface area contributed by atoms with Gasteiger partial charge in [0.2, 0.25) is 0 Å². The molecule has 0 atom stereocenters. The van der Waals surface area contributed by atoms with Crippen molar-refractivity contribution < 1.29 is 9.90 Å². The molecule has 2 nitrogen and oxygen atoms in total. The van der Waals surface area contributed by atoms with Gasteiger partial charge in [-0.25, -0.2) is 0 Å². The van der Waals surface area contributed by atoms with Gasteiger partial charge in [0.05, 0.1) is 0 Å². The molecule has 0 aromatic heterocycles. The number of hydrogen-bond acceptors (Lipinski definition) is 1. The van der Waals surface area contributed by atoms with Crippen LogP contribution in [0.5, 0.6) is 0 Å². The first kappa shape index (κ1) is 13.0. The van der Waals surface area contributed by atoms with Gasteiger partial charge in [-0.1, -0.05) is 26.2 Å². The summed E-state index contributed by atoms with van der Waals surface area (Å²) in [6, 6.07) is 0. The molecule has 0 radical (unpaired) electrons. The molecule has 0 rings (SSSR count). The molecule has 0 aliphatic rings. The summed E-state index contributed by atoms with van der Waals surface area (Å²) in [5.41, 5.74) is 0. The Labute approximate surface area is 86.7 Å². The fraction of sp³-hybridized carbons (Fsp3) is 0.750. The molecule has 0 bridgehead atoms. The van der Waals surface area contributed by atoms with Crippen LogP contribution in [-0.2, 0) is 4.79 Å². The Hall–Kier alpha value is -0.970. The van der Waals surface area contributed by atoms with Gasteiger partial charge in [-0.05, 0) is 12.8 Å². The summed E-state index contributed by atoms with van der Waals surface area (Å²) in [6.07, 6.45) is 7.57. The van der Waals surface area contributed by atoms with Gasteiger partial charge in [0, 0.05) is 19.3 Å². The van der Waals surface area contributed by atoms with Crippen molar-refractivity contribution in [3.63, 3.8) is 0 Å². The van der Waals surface area contributed by atoms with Crippen LogP contribution in [0, 0.1) is 11.8 Å². The molecule has 0 spiro atoms. The van der Waals surface area contributed by atoms with E-state index in [0.29, 0.717) is 6.42 Å². The largest absolute Gasteiger partial charge is 0.481 e. The van der Waals surface area contributed by atoms with Gasteiger partial charge in [-0.2, -0.15) is 0 Å². The Kier molecular flexibility index (Phi) is 9.41. The lowest BCUT2D eigenvalue weighted by Crippen LogP contribution is -1.93. The summed E-state index contributed by atoms with van der Waals surface area (Å²) in [4.78, 5) is 10.2. The van der Waals surface area contributed by atoms with Crippen molar-refractivity contribution in [3.05, 3.63) is 0 Å². The molecule has 0 amide bonds. The molecule has 14 heavy (non-hydrogen) atoms. The van der Waals surface area contributed by atoms with Crippen molar-refractivity contribution in [1.82, 2.24) is 0 Å². The van der Waals surface area contributed by atoms with Crippen LogP contribution in [-0.4, -0.2) is 11.1 Å². The van der Waals surface area contributed by atoms with E-state index in [0.717, 1.165) is 38.5 Å². The van der Waals surface area contributed by atoms with E-state index in [9.17, 15) is 4.79 Å². The first-order valence-corrected chi connectivity index (χ1v) is 5.45. The summed E-state index contributed by atoms with van der Waals surface area (Å²) in [5, 5.41) is 8.40. The number of aliphatic carboxylic acids is 1. The molecular formula is C12H20O2. The SMILES string of the molecule is CCC#CCCCCCCCC(=O)O. The topological polar surface area (TPSA) is 37.3 Å². The summed E-state index contributed by atoms with van der Waals surface area (Å²) in [6.45, 7) is 2.05. The Balaban J connectivity index is 3.03. The van der Waals surface area contributed by atoms with Crippen LogP contribution in [0.15, 0.2) is 0 Å². The third-order valence-corrected chi connectivity index (χ3v) is 1.99. The predicted octanol–water partition coefficient (Wildman–Crippen LogP) is 3.22. The fourth-order valence-electron chi connectivity index (χ4n) is 1.23. The Morgan fingerprint density at radius 3 is 2.36 bits per heavy atom. The monoisotopic (exact) mass is 196 g/mol. The van der Waals surface area contributed by atoms with Crippen LogP contribution in [0.4, 0.5) is 0 Å². The van der Waals surface area contributed by atoms with E-state index < -0.39 is 5.97 Å². The van der Waals surface area contributed by atoms with E-state index in [1.807, 2.05) is 0 Å². The highest BCUT2D eigenvalue weighted by Crippen LogP contribution is 2.06. The zero-order valence-corrected chi connectivity index (χ0v) is 9.01. The lowest BCUT2D eigenvalue weighted by Gasteiger charge is -1.97. The van der Waals surface area contributed by atoms with Crippen molar-refractivity contribution in [2.45, 2.75) is 58.3 Å². The standard InChI is InChI=1S/C12H20O2/c1-2-3-4-5-6-7-8-9-10-11-12(13)14/h2,5-11H2,1H3,(H,13,14). The van der Waals surface area contributed by atoms with E-state index in [2.05, 4.69) is 18.8 Å². The summed E-state index contributed by atoms with van der Waals surface area (Å²) < 4.78 is 0. The highest BCUT2D eigenvalue weighted by Gasteiger charge is 1.95. The molecule has 0 aromatic rings. The van der Waals surface area contributed by atoms with E-state index in [4.69, 9.17) is 5.11 Å². The molecule has 0 aromatic carbocycles. The van der Waals surface area contributed by atoms with E-state index in [1.165, 1.54) is 6.42 Å². The molecule has 0 unspecified atom stereocenters. The van der Waals surface area contributed by atoms with Crippen molar-refractivity contribution in [3.8, 4) is 11.8 Å². The minimum absolute atomic E-state index is 0.315. The van der Waals surface area contributed by atoms with Gasteiger partial charge in [0.15, 0.2) is 0 Å². The molecule has 0 aliphatic heterocycles. The minimum atomic E-state index is -0.682. The van der Waals surface area contributed by atoms with Gasteiger partial charge < -0.3 is 5.11 Å². The quantitative estimate of drug-likeness (QED) is 0.501. The first-order chi connectivity index (χ1) is 6.77. The zero-order chi connectivity index (χ0) is 10.6. The number of carboxylic acids is 1. The lowest BCUT2D eigenvalue weighted by molar-refractivity contribution is -0.137. The average molecular weight is 196 g/mol. The maximum absolute atomic E-state index is 10.2. The number of carbonyl (C=O) groups is 1. The van der Waals surface area contributed by atoms with E-state index in [-0.39, 0.29) is 0 Å². The van der Waals surface area contributed by atoms with E-state index >= 15 is 0 Å². The van der Waals surface area contributed by atoms with Crippen LogP contribution >= 0.6 is 0 Å². The highest BCUT2D eigenvalue weighted by atomic mass is 16.4.